The van der Waals surface area contributed by atoms with Gasteiger partial charge in [0.25, 0.3) is 0 Å². The highest BCUT2D eigenvalue weighted by Crippen LogP contribution is 2.23. The summed E-state index contributed by atoms with van der Waals surface area (Å²) >= 11 is 12.0. The molecule has 1 unspecified atom stereocenters. The lowest BCUT2D eigenvalue weighted by Gasteiger charge is -2.30. The molecule has 2 aromatic carbocycles. The number of carbonyl (C=O) groups is 1. The van der Waals surface area contributed by atoms with Crippen molar-refractivity contribution in [3.63, 3.8) is 0 Å². The SMILES string of the molecule is O=C(Nc1cccc(Cl)c1)C1CCCN(Cc2nc(-c3cccc(Cl)c3)no2)C1. The van der Waals surface area contributed by atoms with Gasteiger partial charge in [0.1, 0.15) is 0 Å². The summed E-state index contributed by atoms with van der Waals surface area (Å²) in [5, 5.41) is 8.22. The van der Waals surface area contributed by atoms with Crippen molar-refractivity contribution in [3.8, 4) is 11.4 Å². The van der Waals surface area contributed by atoms with Gasteiger partial charge in [-0.05, 0) is 49.7 Å². The number of aromatic nitrogens is 2. The third-order valence-corrected chi connectivity index (χ3v) is 5.35. The third kappa shape index (κ3) is 5.15. The third-order valence-electron chi connectivity index (χ3n) is 4.88. The zero-order valence-corrected chi connectivity index (χ0v) is 17.2. The second kappa shape index (κ2) is 8.95. The molecule has 1 fully saturated rings. The van der Waals surface area contributed by atoms with Crippen LogP contribution in [0.25, 0.3) is 11.4 Å². The van der Waals surface area contributed by atoms with Gasteiger partial charge in [0, 0.05) is 27.8 Å². The summed E-state index contributed by atoms with van der Waals surface area (Å²) in [6.45, 7) is 2.03. The summed E-state index contributed by atoms with van der Waals surface area (Å²) in [6.07, 6.45) is 1.78. The van der Waals surface area contributed by atoms with E-state index >= 15 is 0 Å². The lowest BCUT2D eigenvalue weighted by Crippen LogP contribution is -2.40. The molecule has 1 aliphatic rings. The van der Waals surface area contributed by atoms with Crippen LogP contribution in [0, 0.1) is 5.92 Å². The number of carbonyl (C=O) groups excluding carboxylic acids is 1. The number of benzene rings is 2. The fourth-order valence-corrected chi connectivity index (χ4v) is 3.86. The van der Waals surface area contributed by atoms with E-state index < -0.39 is 0 Å². The predicted octanol–water partition coefficient (Wildman–Crippen LogP) is 4.89. The maximum Gasteiger partial charge on any atom is 0.241 e. The van der Waals surface area contributed by atoms with E-state index in [1.807, 2.05) is 24.3 Å². The largest absolute Gasteiger partial charge is 0.338 e. The van der Waals surface area contributed by atoms with Crippen LogP contribution >= 0.6 is 23.2 Å². The Morgan fingerprint density at radius 1 is 1.17 bits per heavy atom. The van der Waals surface area contributed by atoms with Crippen LogP contribution in [0.1, 0.15) is 18.7 Å². The molecule has 0 aliphatic carbocycles. The number of hydrogen-bond acceptors (Lipinski definition) is 5. The Labute approximate surface area is 178 Å². The van der Waals surface area contributed by atoms with Crippen molar-refractivity contribution in [1.82, 2.24) is 15.0 Å². The van der Waals surface area contributed by atoms with E-state index in [1.165, 1.54) is 0 Å². The van der Waals surface area contributed by atoms with Gasteiger partial charge in [-0.1, -0.05) is 46.6 Å². The van der Waals surface area contributed by atoms with Crippen molar-refractivity contribution >= 4 is 34.8 Å². The molecule has 0 radical (unpaired) electrons. The number of hydrogen-bond donors (Lipinski definition) is 1. The van der Waals surface area contributed by atoms with Gasteiger partial charge in [-0.15, -0.1) is 0 Å². The minimum atomic E-state index is -0.0990. The summed E-state index contributed by atoms with van der Waals surface area (Å²) in [6, 6.07) is 14.5. The molecule has 8 heteroatoms. The number of amides is 1. The normalized spacial score (nSPS) is 17.2. The second-order valence-electron chi connectivity index (χ2n) is 7.10. The van der Waals surface area contributed by atoms with Gasteiger partial charge < -0.3 is 9.84 Å². The molecule has 4 rings (SSSR count). The van der Waals surface area contributed by atoms with E-state index in [0.717, 1.165) is 24.9 Å². The van der Waals surface area contributed by atoms with Crippen LogP contribution in [0.15, 0.2) is 53.1 Å². The van der Waals surface area contributed by atoms with Crippen LogP contribution in [0.3, 0.4) is 0 Å². The fourth-order valence-electron chi connectivity index (χ4n) is 3.48. The Kier molecular flexibility index (Phi) is 6.13. The monoisotopic (exact) mass is 430 g/mol. The second-order valence-corrected chi connectivity index (χ2v) is 7.97. The summed E-state index contributed by atoms with van der Waals surface area (Å²) in [7, 11) is 0. The molecular formula is C21H20Cl2N4O2. The van der Waals surface area contributed by atoms with Gasteiger partial charge in [0.15, 0.2) is 0 Å². The highest BCUT2D eigenvalue weighted by Gasteiger charge is 2.27. The van der Waals surface area contributed by atoms with Crippen LogP contribution in [0.2, 0.25) is 10.0 Å². The number of anilines is 1. The quantitative estimate of drug-likeness (QED) is 0.623. The summed E-state index contributed by atoms with van der Waals surface area (Å²) in [5.74, 6) is 0.936. The minimum Gasteiger partial charge on any atom is -0.338 e. The molecule has 1 N–H and O–H groups in total. The van der Waals surface area contributed by atoms with Crippen molar-refractivity contribution in [1.29, 1.82) is 0 Å². The first kappa shape index (κ1) is 19.9. The highest BCUT2D eigenvalue weighted by atomic mass is 35.5. The first-order chi connectivity index (χ1) is 14.1. The predicted molar refractivity (Wildman–Crippen MR) is 113 cm³/mol. The number of halogens is 2. The number of nitrogens with one attached hydrogen (secondary N) is 1. The van der Waals surface area contributed by atoms with Crippen LogP contribution in [0.4, 0.5) is 5.69 Å². The Balaban J connectivity index is 1.37. The Morgan fingerprint density at radius 3 is 2.76 bits per heavy atom. The topological polar surface area (TPSA) is 71.3 Å². The molecule has 1 saturated heterocycles. The Morgan fingerprint density at radius 2 is 1.97 bits per heavy atom. The first-order valence-electron chi connectivity index (χ1n) is 9.44. The average molecular weight is 431 g/mol. The fraction of sp³-hybridized carbons (Fsp3) is 0.286. The van der Waals surface area contributed by atoms with Crippen molar-refractivity contribution in [2.24, 2.45) is 5.92 Å². The lowest BCUT2D eigenvalue weighted by molar-refractivity contribution is -0.121. The van der Waals surface area contributed by atoms with E-state index in [0.29, 0.717) is 40.5 Å². The number of nitrogens with zero attached hydrogens (tertiary/aromatic N) is 3. The van der Waals surface area contributed by atoms with Gasteiger partial charge >= 0.3 is 0 Å². The van der Waals surface area contributed by atoms with Crippen LogP contribution in [-0.4, -0.2) is 34.0 Å². The standard InChI is InChI=1S/C21H20Cl2N4O2/c22-16-6-1-4-14(10-16)20-25-19(29-26-20)13-27-9-3-5-15(12-27)21(28)24-18-8-2-7-17(23)11-18/h1-2,4,6-8,10-11,15H,3,5,9,12-13H2,(H,24,28). The van der Waals surface area contributed by atoms with Gasteiger partial charge in [0.05, 0.1) is 12.5 Å². The molecule has 1 aromatic heterocycles. The van der Waals surface area contributed by atoms with Crippen molar-refractivity contribution in [2.75, 3.05) is 18.4 Å². The molecule has 1 atom stereocenters. The molecule has 0 spiro atoms. The lowest BCUT2D eigenvalue weighted by atomic mass is 9.97. The van der Waals surface area contributed by atoms with Gasteiger partial charge in [-0.25, -0.2) is 0 Å². The van der Waals surface area contributed by atoms with E-state index in [1.54, 1.807) is 24.3 Å². The smallest absolute Gasteiger partial charge is 0.241 e. The summed E-state index contributed by atoms with van der Waals surface area (Å²) in [4.78, 5) is 19.3. The maximum atomic E-state index is 12.7. The van der Waals surface area contributed by atoms with Crippen LogP contribution in [-0.2, 0) is 11.3 Å². The number of piperidine rings is 1. The molecule has 2 heterocycles. The van der Waals surface area contributed by atoms with E-state index in [-0.39, 0.29) is 11.8 Å². The summed E-state index contributed by atoms with van der Waals surface area (Å²) in [5.41, 5.74) is 1.52. The molecule has 3 aromatic rings. The zero-order valence-electron chi connectivity index (χ0n) is 15.6. The maximum absolute atomic E-state index is 12.7. The van der Waals surface area contributed by atoms with E-state index in [4.69, 9.17) is 27.7 Å². The molecule has 1 amide bonds. The molecule has 6 nitrogen and oxygen atoms in total. The summed E-state index contributed by atoms with van der Waals surface area (Å²) < 4.78 is 5.41. The molecular weight excluding hydrogens is 411 g/mol. The van der Waals surface area contributed by atoms with Gasteiger partial charge in [0.2, 0.25) is 17.6 Å². The van der Waals surface area contributed by atoms with E-state index in [9.17, 15) is 4.79 Å². The number of likely N-dealkylation sites (tertiary alicyclic amines) is 1. The van der Waals surface area contributed by atoms with Crippen molar-refractivity contribution < 1.29 is 9.32 Å². The zero-order chi connectivity index (χ0) is 20.2. The van der Waals surface area contributed by atoms with Gasteiger partial charge in [-0.3, -0.25) is 9.69 Å². The Hall–Kier alpha value is -2.41. The van der Waals surface area contributed by atoms with Gasteiger partial charge in [-0.2, -0.15) is 4.98 Å². The van der Waals surface area contributed by atoms with E-state index in [2.05, 4.69) is 20.4 Å². The molecule has 150 valence electrons. The minimum absolute atomic E-state index is 0.00196. The van der Waals surface area contributed by atoms with Crippen molar-refractivity contribution in [3.05, 3.63) is 64.5 Å². The molecule has 29 heavy (non-hydrogen) atoms. The Bertz CT molecular complexity index is 1010. The number of rotatable bonds is 5. The van der Waals surface area contributed by atoms with Crippen molar-refractivity contribution in [2.45, 2.75) is 19.4 Å². The van der Waals surface area contributed by atoms with Crippen LogP contribution in [0.5, 0.6) is 0 Å². The molecule has 0 saturated carbocycles. The molecule has 0 bridgehead atoms. The average Bonchev–Trinajstić information content (AvgIpc) is 3.17. The van der Waals surface area contributed by atoms with Crippen LogP contribution < -0.4 is 5.32 Å². The highest BCUT2D eigenvalue weighted by molar-refractivity contribution is 6.31. The molecule has 1 aliphatic heterocycles. The first-order valence-corrected chi connectivity index (χ1v) is 10.2.